The lowest BCUT2D eigenvalue weighted by Gasteiger charge is -2.18. The number of carbonyl (C=O) groups excluding carboxylic acids is 1. The number of unbranched alkanes of at least 4 members (excludes halogenated alkanes) is 1. The first kappa shape index (κ1) is 31.0. The average Bonchev–Trinajstić information content (AvgIpc) is 3.38. The van der Waals surface area contributed by atoms with Gasteiger partial charge in [-0.3, -0.25) is 10.1 Å². The van der Waals surface area contributed by atoms with E-state index in [1.807, 2.05) is 13.8 Å². The highest BCUT2D eigenvalue weighted by Gasteiger charge is 2.21. The number of aliphatic carboxylic acids is 1. The van der Waals surface area contributed by atoms with Gasteiger partial charge in [0, 0.05) is 53.0 Å². The third-order valence-electron chi connectivity index (χ3n) is 5.99. The predicted octanol–water partition coefficient (Wildman–Crippen LogP) is 7.25. The number of aromatic nitrogens is 1. The Kier molecular flexibility index (Phi) is 11.4. The minimum Gasteiger partial charge on any atom is -0.478 e. The van der Waals surface area contributed by atoms with Crippen LogP contribution < -0.4 is 5.32 Å². The van der Waals surface area contributed by atoms with Crippen molar-refractivity contribution in [2.75, 3.05) is 25.1 Å². The topological polar surface area (TPSA) is 97.8 Å². The number of amides is 1. The van der Waals surface area contributed by atoms with E-state index in [1.165, 1.54) is 6.92 Å². The van der Waals surface area contributed by atoms with E-state index in [2.05, 4.69) is 10.3 Å². The SMILES string of the molecule is CCOCCCCOC(CC)c1cccc(-c2csc(NC(=O)c3cc(F)c(/C=C(\C)C(=O)O)c(F)c3)n2)c1F. The van der Waals surface area contributed by atoms with Crippen molar-refractivity contribution in [1.82, 2.24) is 4.98 Å². The number of benzene rings is 2. The molecule has 40 heavy (non-hydrogen) atoms. The maximum atomic E-state index is 15.5. The molecule has 3 rings (SSSR count). The maximum Gasteiger partial charge on any atom is 0.331 e. The fourth-order valence-electron chi connectivity index (χ4n) is 3.86. The number of hydrogen-bond donors (Lipinski definition) is 2. The molecule has 2 aromatic carbocycles. The first-order chi connectivity index (χ1) is 19.2. The van der Waals surface area contributed by atoms with Crippen LogP contribution in [0.5, 0.6) is 0 Å². The fourth-order valence-corrected chi connectivity index (χ4v) is 4.56. The molecule has 0 saturated carbocycles. The van der Waals surface area contributed by atoms with Gasteiger partial charge in [0.25, 0.3) is 5.91 Å². The predicted molar refractivity (Wildman–Crippen MR) is 148 cm³/mol. The summed E-state index contributed by atoms with van der Waals surface area (Å²) in [5, 5.41) is 13.1. The van der Waals surface area contributed by atoms with Crippen LogP contribution in [0.4, 0.5) is 18.3 Å². The molecule has 0 bridgehead atoms. The second-order valence-electron chi connectivity index (χ2n) is 8.86. The van der Waals surface area contributed by atoms with E-state index in [4.69, 9.17) is 14.6 Å². The van der Waals surface area contributed by atoms with Crippen LogP contribution >= 0.6 is 11.3 Å². The van der Waals surface area contributed by atoms with Crippen molar-refractivity contribution in [3.05, 3.63) is 75.4 Å². The number of carbonyl (C=O) groups is 2. The monoisotopic (exact) mass is 576 g/mol. The summed E-state index contributed by atoms with van der Waals surface area (Å²) < 4.78 is 55.7. The Balaban J connectivity index is 1.73. The average molecular weight is 577 g/mol. The number of halogens is 3. The fraction of sp³-hybridized carbons (Fsp3) is 0.345. The van der Waals surface area contributed by atoms with E-state index in [1.54, 1.807) is 23.6 Å². The summed E-state index contributed by atoms with van der Waals surface area (Å²) in [6.45, 7) is 6.83. The van der Waals surface area contributed by atoms with Crippen LogP contribution in [0.15, 0.2) is 41.3 Å². The Bertz CT molecular complexity index is 1350. The molecule has 0 aliphatic heterocycles. The summed E-state index contributed by atoms with van der Waals surface area (Å²) in [5.74, 6) is -4.82. The molecule has 0 spiro atoms. The number of nitrogens with one attached hydrogen (secondary N) is 1. The molecule has 0 saturated heterocycles. The molecule has 0 aliphatic carbocycles. The van der Waals surface area contributed by atoms with E-state index in [-0.39, 0.29) is 27.5 Å². The molecule has 0 fully saturated rings. The Morgan fingerprint density at radius 1 is 1.12 bits per heavy atom. The quantitative estimate of drug-likeness (QED) is 0.155. The van der Waals surface area contributed by atoms with Crippen LogP contribution in [0.1, 0.15) is 67.6 Å². The summed E-state index contributed by atoms with van der Waals surface area (Å²) in [6.07, 6.45) is 2.63. The molecule has 11 heteroatoms. The second kappa shape index (κ2) is 14.7. The minimum absolute atomic E-state index is 0.105. The zero-order chi connectivity index (χ0) is 29.2. The summed E-state index contributed by atoms with van der Waals surface area (Å²) in [5.41, 5.74) is -0.238. The van der Waals surface area contributed by atoms with E-state index >= 15 is 4.39 Å². The van der Waals surface area contributed by atoms with E-state index < -0.39 is 41.0 Å². The molecule has 1 heterocycles. The van der Waals surface area contributed by atoms with E-state index in [0.717, 1.165) is 42.4 Å². The van der Waals surface area contributed by atoms with Crippen LogP contribution in [0.2, 0.25) is 0 Å². The van der Waals surface area contributed by atoms with Gasteiger partial charge in [-0.25, -0.2) is 22.9 Å². The molecular formula is C29H31F3N2O5S. The van der Waals surface area contributed by atoms with Crippen molar-refractivity contribution in [3.63, 3.8) is 0 Å². The van der Waals surface area contributed by atoms with E-state index in [0.29, 0.717) is 31.8 Å². The molecule has 1 amide bonds. The standard InChI is InChI=1S/C29H31F3N2O5S/c1-4-25(39-12-7-6-11-38-5-2)20-10-8-9-19(26(20)32)24-16-40-29(33-24)34-27(35)18-14-22(30)21(23(31)15-18)13-17(3)28(36)37/h8-10,13-16,25H,4-7,11-12H2,1-3H3,(H,36,37)(H,33,34,35)/b17-13+. The molecule has 2 N–H and O–H groups in total. The van der Waals surface area contributed by atoms with Crippen LogP contribution in [0.3, 0.4) is 0 Å². The van der Waals surface area contributed by atoms with Crippen LogP contribution in [-0.4, -0.2) is 41.8 Å². The lowest BCUT2D eigenvalue weighted by atomic mass is 10.0. The highest BCUT2D eigenvalue weighted by molar-refractivity contribution is 7.14. The van der Waals surface area contributed by atoms with Crippen molar-refractivity contribution in [3.8, 4) is 11.3 Å². The van der Waals surface area contributed by atoms with Gasteiger partial charge in [-0.15, -0.1) is 11.3 Å². The van der Waals surface area contributed by atoms with Gasteiger partial charge in [-0.2, -0.15) is 0 Å². The van der Waals surface area contributed by atoms with Crippen molar-refractivity contribution in [2.45, 2.75) is 46.1 Å². The number of rotatable bonds is 14. The largest absolute Gasteiger partial charge is 0.478 e. The third kappa shape index (κ3) is 8.00. The molecular weight excluding hydrogens is 545 g/mol. The Morgan fingerprint density at radius 3 is 2.48 bits per heavy atom. The molecule has 7 nitrogen and oxygen atoms in total. The number of carboxylic acids is 1. The number of anilines is 1. The van der Waals surface area contributed by atoms with Gasteiger partial charge >= 0.3 is 5.97 Å². The van der Waals surface area contributed by atoms with Crippen LogP contribution in [0.25, 0.3) is 17.3 Å². The Hall–Kier alpha value is -3.54. The minimum atomic E-state index is -1.33. The lowest BCUT2D eigenvalue weighted by molar-refractivity contribution is -0.132. The van der Waals surface area contributed by atoms with Gasteiger partial charge in [-0.05, 0) is 57.4 Å². The summed E-state index contributed by atoms with van der Waals surface area (Å²) >= 11 is 1.03. The molecule has 1 atom stereocenters. The number of nitrogens with zero attached hydrogens (tertiary/aromatic N) is 1. The van der Waals surface area contributed by atoms with Crippen molar-refractivity contribution >= 4 is 34.4 Å². The van der Waals surface area contributed by atoms with Gasteiger partial charge in [0.1, 0.15) is 17.5 Å². The molecule has 3 aromatic rings. The van der Waals surface area contributed by atoms with Crippen molar-refractivity contribution in [2.24, 2.45) is 0 Å². The first-order valence-electron chi connectivity index (χ1n) is 12.8. The Morgan fingerprint density at radius 2 is 1.82 bits per heavy atom. The highest BCUT2D eigenvalue weighted by atomic mass is 32.1. The molecule has 0 aliphatic rings. The molecule has 1 aromatic heterocycles. The molecule has 214 valence electrons. The van der Waals surface area contributed by atoms with Crippen molar-refractivity contribution < 1.29 is 37.3 Å². The lowest BCUT2D eigenvalue weighted by Crippen LogP contribution is -2.13. The normalized spacial score (nSPS) is 12.4. The smallest absolute Gasteiger partial charge is 0.331 e. The summed E-state index contributed by atoms with van der Waals surface area (Å²) in [4.78, 5) is 27.9. The molecule has 1 unspecified atom stereocenters. The first-order valence-corrected chi connectivity index (χ1v) is 13.7. The zero-order valence-electron chi connectivity index (χ0n) is 22.4. The van der Waals surface area contributed by atoms with Crippen LogP contribution in [0, 0.1) is 17.5 Å². The number of carboxylic acid groups (broad SMARTS) is 1. The second-order valence-corrected chi connectivity index (χ2v) is 9.72. The number of thiazole rings is 1. The van der Waals surface area contributed by atoms with Crippen LogP contribution in [-0.2, 0) is 14.3 Å². The number of ether oxygens (including phenoxy) is 2. The van der Waals surface area contributed by atoms with Gasteiger partial charge in [0.2, 0.25) is 0 Å². The molecule has 0 radical (unpaired) electrons. The van der Waals surface area contributed by atoms with Crippen molar-refractivity contribution in [1.29, 1.82) is 0 Å². The summed E-state index contributed by atoms with van der Waals surface area (Å²) in [7, 11) is 0. The van der Waals surface area contributed by atoms with Gasteiger partial charge in [0.15, 0.2) is 5.13 Å². The maximum absolute atomic E-state index is 15.5. The zero-order valence-corrected chi connectivity index (χ0v) is 23.2. The third-order valence-corrected chi connectivity index (χ3v) is 6.75. The van der Waals surface area contributed by atoms with Gasteiger partial charge in [-0.1, -0.05) is 19.1 Å². The number of hydrogen-bond acceptors (Lipinski definition) is 6. The summed E-state index contributed by atoms with van der Waals surface area (Å²) in [6, 6.07) is 6.56. The van der Waals surface area contributed by atoms with Gasteiger partial charge < -0.3 is 14.6 Å². The van der Waals surface area contributed by atoms with Gasteiger partial charge in [0.05, 0.1) is 11.8 Å². The highest BCUT2D eigenvalue weighted by Crippen LogP contribution is 2.33. The Labute approximate surface area is 234 Å². The van der Waals surface area contributed by atoms with E-state index in [9.17, 15) is 18.4 Å².